The summed E-state index contributed by atoms with van der Waals surface area (Å²) in [7, 11) is 0. The fourth-order valence-corrected chi connectivity index (χ4v) is 2.90. The van der Waals surface area contributed by atoms with Crippen LogP contribution in [-0.4, -0.2) is 4.57 Å². The van der Waals surface area contributed by atoms with Crippen molar-refractivity contribution in [2.75, 3.05) is 0 Å². The number of nitrogens with zero attached hydrogens (tertiary/aromatic N) is 1. The predicted octanol–water partition coefficient (Wildman–Crippen LogP) is 3.58. The molecule has 0 saturated heterocycles. The maximum Gasteiger partial charge on any atom is 0.260 e. The number of aryl methyl sites for hydroxylation is 2. The van der Waals surface area contributed by atoms with Crippen molar-refractivity contribution in [3.63, 3.8) is 0 Å². The van der Waals surface area contributed by atoms with Crippen molar-refractivity contribution in [3.8, 4) is 16.9 Å². The van der Waals surface area contributed by atoms with Crippen molar-refractivity contribution in [3.05, 3.63) is 87.7 Å². The Hall–Kier alpha value is -2.65. The van der Waals surface area contributed by atoms with E-state index in [0.29, 0.717) is 5.56 Å². The lowest BCUT2D eigenvalue weighted by atomic mass is 10.1. The third-order valence-corrected chi connectivity index (χ3v) is 3.92. The van der Waals surface area contributed by atoms with Crippen LogP contribution in [0.5, 0.6) is 0 Å². The Bertz CT molecular complexity index is 875. The zero-order chi connectivity index (χ0) is 16.4. The van der Waals surface area contributed by atoms with Gasteiger partial charge in [-0.05, 0) is 48.7 Å². The Labute approximate surface area is 136 Å². The largest absolute Gasteiger partial charge is 0.326 e. The molecule has 3 heteroatoms. The van der Waals surface area contributed by atoms with Gasteiger partial charge in [0.2, 0.25) is 0 Å². The van der Waals surface area contributed by atoms with Crippen molar-refractivity contribution >= 4 is 0 Å². The minimum Gasteiger partial charge on any atom is -0.326 e. The molecule has 0 bridgehead atoms. The number of hydrogen-bond donors (Lipinski definition) is 1. The molecule has 23 heavy (non-hydrogen) atoms. The highest BCUT2D eigenvalue weighted by Gasteiger charge is 2.12. The fourth-order valence-electron chi connectivity index (χ4n) is 2.90. The highest BCUT2D eigenvalue weighted by molar-refractivity contribution is 5.63. The van der Waals surface area contributed by atoms with E-state index in [1.807, 2.05) is 68.4 Å². The average molecular weight is 304 g/mol. The quantitative estimate of drug-likeness (QED) is 0.804. The second kappa shape index (κ2) is 6.23. The van der Waals surface area contributed by atoms with E-state index in [-0.39, 0.29) is 12.1 Å². The van der Waals surface area contributed by atoms with Gasteiger partial charge in [0.05, 0.1) is 5.69 Å². The van der Waals surface area contributed by atoms with Gasteiger partial charge < -0.3 is 5.73 Å². The van der Waals surface area contributed by atoms with Gasteiger partial charge in [-0.2, -0.15) is 0 Å². The molecule has 2 N–H and O–H groups in total. The summed E-state index contributed by atoms with van der Waals surface area (Å²) in [6, 6.07) is 19.9. The molecule has 0 radical (unpaired) electrons. The fraction of sp³-hybridized carbons (Fsp3) is 0.150. The van der Waals surface area contributed by atoms with Crippen molar-refractivity contribution in [1.29, 1.82) is 0 Å². The molecule has 2 aromatic carbocycles. The van der Waals surface area contributed by atoms with Crippen LogP contribution in [0.3, 0.4) is 0 Å². The van der Waals surface area contributed by atoms with Gasteiger partial charge >= 0.3 is 0 Å². The molecule has 0 aliphatic heterocycles. The normalized spacial score (nSPS) is 10.7. The first-order valence-corrected chi connectivity index (χ1v) is 7.69. The number of benzene rings is 2. The number of rotatable bonds is 3. The molecular formula is C20H20N2O. The van der Waals surface area contributed by atoms with Crippen molar-refractivity contribution in [1.82, 2.24) is 4.57 Å². The lowest BCUT2D eigenvalue weighted by Gasteiger charge is -2.16. The molecule has 3 nitrogen and oxygen atoms in total. The summed E-state index contributed by atoms with van der Waals surface area (Å²) in [4.78, 5) is 12.9. The molecule has 0 aliphatic rings. The van der Waals surface area contributed by atoms with E-state index in [0.717, 1.165) is 28.1 Å². The number of nitrogens with two attached hydrogens (primary N) is 1. The van der Waals surface area contributed by atoms with Crippen LogP contribution in [0.1, 0.15) is 16.7 Å². The Morgan fingerprint density at radius 1 is 0.913 bits per heavy atom. The van der Waals surface area contributed by atoms with E-state index in [4.69, 9.17) is 5.73 Å². The molecule has 0 spiro atoms. The summed E-state index contributed by atoms with van der Waals surface area (Å²) < 4.78 is 1.76. The molecule has 0 amide bonds. The van der Waals surface area contributed by atoms with Gasteiger partial charge in [-0.3, -0.25) is 9.36 Å². The molecule has 1 heterocycles. The number of pyridine rings is 1. The highest BCUT2D eigenvalue weighted by Crippen LogP contribution is 2.23. The second-order valence-electron chi connectivity index (χ2n) is 5.80. The molecular weight excluding hydrogens is 284 g/mol. The zero-order valence-electron chi connectivity index (χ0n) is 13.4. The van der Waals surface area contributed by atoms with Crippen LogP contribution in [-0.2, 0) is 6.54 Å². The third kappa shape index (κ3) is 2.96. The van der Waals surface area contributed by atoms with Gasteiger partial charge in [0.25, 0.3) is 5.56 Å². The Morgan fingerprint density at radius 2 is 1.57 bits per heavy atom. The predicted molar refractivity (Wildman–Crippen MR) is 94.8 cm³/mol. The van der Waals surface area contributed by atoms with Gasteiger partial charge in [0, 0.05) is 17.8 Å². The summed E-state index contributed by atoms with van der Waals surface area (Å²) in [5.41, 5.74) is 11.3. The van der Waals surface area contributed by atoms with Crippen molar-refractivity contribution in [2.45, 2.75) is 20.4 Å². The van der Waals surface area contributed by atoms with E-state index < -0.39 is 0 Å². The summed E-state index contributed by atoms with van der Waals surface area (Å²) >= 11 is 0. The van der Waals surface area contributed by atoms with Gasteiger partial charge in [-0.25, -0.2) is 0 Å². The van der Waals surface area contributed by atoms with Crippen LogP contribution >= 0.6 is 0 Å². The molecule has 3 aromatic rings. The van der Waals surface area contributed by atoms with Gasteiger partial charge in [0.15, 0.2) is 0 Å². The molecule has 0 aliphatic carbocycles. The maximum absolute atomic E-state index is 12.9. The first-order valence-electron chi connectivity index (χ1n) is 7.69. The minimum absolute atomic E-state index is 0.0566. The van der Waals surface area contributed by atoms with E-state index in [2.05, 4.69) is 6.07 Å². The lowest BCUT2D eigenvalue weighted by molar-refractivity contribution is 0.929. The van der Waals surface area contributed by atoms with Gasteiger partial charge in [0.1, 0.15) is 0 Å². The number of hydrogen-bond acceptors (Lipinski definition) is 2. The Morgan fingerprint density at radius 3 is 2.17 bits per heavy atom. The van der Waals surface area contributed by atoms with Gasteiger partial charge in [-0.1, -0.05) is 42.5 Å². The standard InChI is InChI=1S/C20H20N2O/c1-14-10-15(2)12-18(11-14)22-19(16-6-4-3-5-7-16)9-8-17(13-21)20(22)23/h3-12H,13,21H2,1-2H3. The van der Waals surface area contributed by atoms with Crippen LogP contribution < -0.4 is 11.3 Å². The van der Waals surface area contributed by atoms with Crippen LogP contribution in [0.2, 0.25) is 0 Å². The SMILES string of the molecule is Cc1cc(C)cc(-n2c(-c3ccccc3)ccc(CN)c2=O)c1. The van der Waals surface area contributed by atoms with Crippen molar-refractivity contribution in [2.24, 2.45) is 5.73 Å². The van der Waals surface area contributed by atoms with E-state index in [1.54, 1.807) is 4.57 Å². The maximum atomic E-state index is 12.9. The Balaban J connectivity index is 2.34. The third-order valence-electron chi connectivity index (χ3n) is 3.92. The smallest absolute Gasteiger partial charge is 0.260 e. The lowest BCUT2D eigenvalue weighted by Crippen LogP contribution is -2.25. The van der Waals surface area contributed by atoms with Crippen LogP contribution in [0.15, 0.2) is 65.5 Å². The summed E-state index contributed by atoms with van der Waals surface area (Å²) in [6.07, 6.45) is 0. The Kier molecular flexibility index (Phi) is 4.13. The topological polar surface area (TPSA) is 48.0 Å². The molecule has 0 saturated carbocycles. The second-order valence-corrected chi connectivity index (χ2v) is 5.80. The molecule has 3 rings (SSSR count). The summed E-state index contributed by atoms with van der Waals surface area (Å²) in [6.45, 7) is 4.31. The van der Waals surface area contributed by atoms with Crippen LogP contribution in [0, 0.1) is 13.8 Å². The molecule has 116 valence electrons. The molecule has 0 atom stereocenters. The van der Waals surface area contributed by atoms with E-state index in [1.165, 1.54) is 0 Å². The van der Waals surface area contributed by atoms with E-state index >= 15 is 0 Å². The summed E-state index contributed by atoms with van der Waals surface area (Å²) in [5, 5.41) is 0. The zero-order valence-corrected chi connectivity index (χ0v) is 13.4. The van der Waals surface area contributed by atoms with E-state index in [9.17, 15) is 4.79 Å². The highest BCUT2D eigenvalue weighted by atomic mass is 16.1. The minimum atomic E-state index is -0.0566. The monoisotopic (exact) mass is 304 g/mol. The average Bonchev–Trinajstić information content (AvgIpc) is 2.54. The molecule has 1 aromatic heterocycles. The number of aromatic nitrogens is 1. The summed E-state index contributed by atoms with van der Waals surface area (Å²) in [5.74, 6) is 0. The molecule has 0 unspecified atom stereocenters. The molecule has 0 fully saturated rings. The van der Waals surface area contributed by atoms with Crippen LogP contribution in [0.4, 0.5) is 0 Å². The van der Waals surface area contributed by atoms with Crippen LogP contribution in [0.25, 0.3) is 16.9 Å². The van der Waals surface area contributed by atoms with Gasteiger partial charge in [-0.15, -0.1) is 0 Å². The first kappa shape index (κ1) is 15.3. The first-order chi connectivity index (χ1) is 11.1. The van der Waals surface area contributed by atoms with Crippen molar-refractivity contribution < 1.29 is 0 Å².